The van der Waals surface area contributed by atoms with Gasteiger partial charge in [-0.25, -0.2) is 0 Å². The summed E-state index contributed by atoms with van der Waals surface area (Å²) in [5.74, 6) is 2.34. The van der Waals surface area contributed by atoms with Gasteiger partial charge < -0.3 is 5.32 Å². The van der Waals surface area contributed by atoms with Crippen molar-refractivity contribution in [3.8, 4) is 0 Å². The lowest BCUT2D eigenvalue weighted by Crippen LogP contribution is -2.33. The zero-order valence-corrected chi connectivity index (χ0v) is 10.8. The molecular weight excluding hydrogens is 190 g/mol. The quantitative estimate of drug-likeness (QED) is 0.624. The lowest BCUT2D eigenvalue weighted by atomic mass is 9.80. The second-order valence-corrected chi connectivity index (χ2v) is 5.79. The maximum atomic E-state index is 3.53. The van der Waals surface area contributed by atoms with Crippen molar-refractivity contribution in [1.82, 2.24) is 5.32 Å². The van der Waals surface area contributed by atoms with Gasteiger partial charge in [0.25, 0.3) is 0 Å². The maximum absolute atomic E-state index is 3.53. The van der Waals surface area contributed by atoms with Crippen LogP contribution in [0.15, 0.2) is 0 Å². The van der Waals surface area contributed by atoms with E-state index in [9.17, 15) is 0 Å². The van der Waals surface area contributed by atoms with Gasteiger partial charge in [-0.2, -0.15) is 11.8 Å². The monoisotopic (exact) mass is 215 g/mol. The molecule has 1 N–H and O–H groups in total. The molecule has 1 rings (SSSR count). The summed E-state index contributed by atoms with van der Waals surface area (Å²) >= 11 is 1.98. The van der Waals surface area contributed by atoms with Gasteiger partial charge in [0.05, 0.1) is 0 Å². The number of thioether (sulfide) groups is 1. The Hall–Kier alpha value is 0.310. The second kappa shape index (κ2) is 6.02. The first-order valence-corrected chi connectivity index (χ1v) is 7.32. The highest BCUT2D eigenvalue weighted by Gasteiger charge is 2.40. The molecule has 84 valence electrons. The number of nitrogens with one attached hydrogen (secondary N) is 1. The van der Waals surface area contributed by atoms with Gasteiger partial charge in [-0.3, -0.25) is 0 Å². The first-order chi connectivity index (χ1) is 6.73. The Labute approximate surface area is 93.4 Å². The Kier molecular flexibility index (Phi) is 5.32. The van der Waals surface area contributed by atoms with Crippen LogP contribution in [0.1, 0.15) is 39.5 Å². The molecule has 0 aromatic carbocycles. The first-order valence-electron chi connectivity index (χ1n) is 5.92. The van der Waals surface area contributed by atoms with E-state index in [0.717, 1.165) is 12.5 Å². The fraction of sp³-hybridized carbons (Fsp3) is 1.00. The van der Waals surface area contributed by atoms with Crippen LogP contribution < -0.4 is 5.32 Å². The zero-order chi connectivity index (χ0) is 10.4. The van der Waals surface area contributed by atoms with Crippen LogP contribution in [-0.4, -0.2) is 25.1 Å². The highest BCUT2D eigenvalue weighted by molar-refractivity contribution is 7.98. The van der Waals surface area contributed by atoms with Crippen molar-refractivity contribution in [3.05, 3.63) is 0 Å². The summed E-state index contributed by atoms with van der Waals surface area (Å²) in [6, 6.07) is 0. The highest BCUT2D eigenvalue weighted by atomic mass is 32.2. The summed E-state index contributed by atoms with van der Waals surface area (Å²) in [6.45, 7) is 7.02. The maximum Gasteiger partial charge on any atom is 0.000770 e. The van der Waals surface area contributed by atoms with Crippen molar-refractivity contribution in [2.45, 2.75) is 39.5 Å². The molecule has 1 aliphatic carbocycles. The molecule has 1 aliphatic rings. The average molecular weight is 215 g/mol. The Morgan fingerprint density at radius 2 is 2.14 bits per heavy atom. The van der Waals surface area contributed by atoms with Crippen molar-refractivity contribution in [1.29, 1.82) is 0 Å². The summed E-state index contributed by atoms with van der Waals surface area (Å²) in [6.07, 6.45) is 7.95. The van der Waals surface area contributed by atoms with Gasteiger partial charge in [0.2, 0.25) is 0 Å². The molecule has 1 nitrogen and oxygen atoms in total. The standard InChI is InChI=1S/C12H25NS/c1-4-13-10-12(2,11-6-7-11)8-5-9-14-3/h11,13H,4-10H2,1-3H3. The first kappa shape index (κ1) is 12.4. The Balaban J connectivity index is 2.28. The van der Waals surface area contributed by atoms with Gasteiger partial charge in [-0.1, -0.05) is 13.8 Å². The van der Waals surface area contributed by atoms with E-state index in [1.54, 1.807) is 0 Å². The van der Waals surface area contributed by atoms with Crippen molar-refractivity contribution >= 4 is 11.8 Å². The molecule has 0 spiro atoms. The molecule has 0 radical (unpaired) electrons. The van der Waals surface area contributed by atoms with Crippen molar-refractivity contribution < 1.29 is 0 Å². The van der Waals surface area contributed by atoms with Crippen LogP contribution in [0, 0.1) is 11.3 Å². The molecule has 1 fully saturated rings. The molecule has 0 heterocycles. The van der Waals surface area contributed by atoms with Crippen LogP contribution >= 0.6 is 11.8 Å². The van der Waals surface area contributed by atoms with Crippen molar-refractivity contribution in [2.24, 2.45) is 11.3 Å². The fourth-order valence-corrected chi connectivity index (χ4v) is 2.68. The van der Waals surface area contributed by atoms with Crippen molar-refractivity contribution in [3.63, 3.8) is 0 Å². The molecule has 0 aliphatic heterocycles. The molecular formula is C12H25NS. The summed E-state index contributed by atoms with van der Waals surface area (Å²) in [5, 5.41) is 3.53. The van der Waals surface area contributed by atoms with Gasteiger partial charge in [0.1, 0.15) is 0 Å². The van der Waals surface area contributed by atoms with Gasteiger partial charge >= 0.3 is 0 Å². The van der Waals surface area contributed by atoms with Crippen LogP contribution in [0.4, 0.5) is 0 Å². The van der Waals surface area contributed by atoms with Crippen LogP contribution in [-0.2, 0) is 0 Å². The molecule has 0 saturated heterocycles. The number of rotatable bonds is 8. The van der Waals surface area contributed by atoms with E-state index in [2.05, 4.69) is 25.4 Å². The fourth-order valence-electron chi connectivity index (χ4n) is 2.25. The van der Waals surface area contributed by atoms with Gasteiger partial charge in [0, 0.05) is 6.54 Å². The van der Waals surface area contributed by atoms with Gasteiger partial charge in [-0.05, 0) is 55.6 Å². The Morgan fingerprint density at radius 1 is 1.43 bits per heavy atom. The molecule has 0 aromatic rings. The summed E-state index contributed by atoms with van der Waals surface area (Å²) in [4.78, 5) is 0. The predicted molar refractivity (Wildman–Crippen MR) is 67.0 cm³/mol. The highest BCUT2D eigenvalue weighted by Crippen LogP contribution is 2.47. The van der Waals surface area contributed by atoms with Gasteiger partial charge in [-0.15, -0.1) is 0 Å². The summed E-state index contributed by atoms with van der Waals surface area (Å²) in [7, 11) is 0. The van der Waals surface area contributed by atoms with E-state index in [0.29, 0.717) is 5.41 Å². The molecule has 0 aromatic heterocycles. The van der Waals surface area contributed by atoms with Crippen LogP contribution in [0.5, 0.6) is 0 Å². The van der Waals surface area contributed by atoms with Crippen LogP contribution in [0.3, 0.4) is 0 Å². The third-order valence-corrected chi connectivity index (χ3v) is 4.14. The SMILES string of the molecule is CCNCC(C)(CCCSC)C1CC1. The minimum absolute atomic E-state index is 0.589. The lowest BCUT2D eigenvalue weighted by molar-refractivity contribution is 0.237. The minimum atomic E-state index is 0.589. The lowest BCUT2D eigenvalue weighted by Gasteiger charge is -2.30. The van der Waals surface area contributed by atoms with Crippen LogP contribution in [0.25, 0.3) is 0 Å². The van der Waals surface area contributed by atoms with Crippen LogP contribution in [0.2, 0.25) is 0 Å². The third kappa shape index (κ3) is 3.82. The predicted octanol–water partition coefficient (Wildman–Crippen LogP) is 3.16. The summed E-state index contributed by atoms with van der Waals surface area (Å²) in [5.41, 5.74) is 0.589. The summed E-state index contributed by atoms with van der Waals surface area (Å²) < 4.78 is 0. The smallest absolute Gasteiger partial charge is 0.000770 e. The van der Waals surface area contributed by atoms with Crippen molar-refractivity contribution in [2.75, 3.05) is 25.1 Å². The Morgan fingerprint density at radius 3 is 2.64 bits per heavy atom. The van der Waals surface area contributed by atoms with E-state index in [1.807, 2.05) is 11.8 Å². The zero-order valence-electron chi connectivity index (χ0n) is 9.94. The Bertz CT molecular complexity index is 156. The van der Waals surface area contributed by atoms with Gasteiger partial charge in [0.15, 0.2) is 0 Å². The van der Waals surface area contributed by atoms with E-state index in [-0.39, 0.29) is 0 Å². The van der Waals surface area contributed by atoms with E-state index >= 15 is 0 Å². The number of hydrogen-bond acceptors (Lipinski definition) is 2. The third-order valence-electron chi connectivity index (χ3n) is 3.44. The topological polar surface area (TPSA) is 12.0 Å². The molecule has 1 saturated carbocycles. The molecule has 1 atom stereocenters. The second-order valence-electron chi connectivity index (χ2n) is 4.80. The van der Waals surface area contributed by atoms with E-state index in [1.165, 1.54) is 38.0 Å². The molecule has 0 bridgehead atoms. The molecule has 0 amide bonds. The molecule has 2 heteroatoms. The van der Waals surface area contributed by atoms with E-state index < -0.39 is 0 Å². The normalized spacial score (nSPS) is 20.8. The average Bonchev–Trinajstić information content (AvgIpc) is 2.98. The molecule has 14 heavy (non-hydrogen) atoms. The molecule has 1 unspecified atom stereocenters. The largest absolute Gasteiger partial charge is 0.316 e. The van der Waals surface area contributed by atoms with E-state index in [4.69, 9.17) is 0 Å². The number of hydrogen-bond donors (Lipinski definition) is 1. The minimum Gasteiger partial charge on any atom is -0.316 e.